The zero-order valence-corrected chi connectivity index (χ0v) is 7.90. The van der Waals surface area contributed by atoms with Gasteiger partial charge in [-0.3, -0.25) is 4.98 Å². The first-order valence-electron chi connectivity index (χ1n) is 4.52. The molecular formula is C9H12N4O. The molecule has 5 heteroatoms. The molecule has 1 aliphatic rings. The van der Waals surface area contributed by atoms with E-state index in [0.717, 1.165) is 5.69 Å². The highest BCUT2D eigenvalue weighted by Gasteiger charge is 2.17. The Bertz CT molecular complexity index is 325. The van der Waals surface area contributed by atoms with Crippen molar-refractivity contribution >= 4 is 5.84 Å². The molecule has 2 N–H and O–H groups in total. The van der Waals surface area contributed by atoms with Gasteiger partial charge >= 0.3 is 0 Å². The van der Waals surface area contributed by atoms with E-state index in [1.807, 2.05) is 25.1 Å². The van der Waals surface area contributed by atoms with E-state index in [-0.39, 0.29) is 6.35 Å². The van der Waals surface area contributed by atoms with Gasteiger partial charge in [-0.1, -0.05) is 6.07 Å². The fourth-order valence-electron chi connectivity index (χ4n) is 1.18. The van der Waals surface area contributed by atoms with E-state index in [4.69, 9.17) is 4.74 Å². The molecule has 1 aliphatic heterocycles. The van der Waals surface area contributed by atoms with Gasteiger partial charge in [-0.25, -0.2) is 4.99 Å². The first-order valence-corrected chi connectivity index (χ1v) is 4.52. The summed E-state index contributed by atoms with van der Waals surface area (Å²) in [6, 6.07) is 5.68. The molecule has 2 rings (SSSR count). The van der Waals surface area contributed by atoms with Crippen LogP contribution in [0.25, 0.3) is 0 Å². The SMILES string of the molecule is CCOC1N=C(c2ccccn2)NN1. The molecule has 0 amide bonds. The van der Waals surface area contributed by atoms with Gasteiger partial charge in [0.1, 0.15) is 5.69 Å². The van der Waals surface area contributed by atoms with Crippen molar-refractivity contribution in [2.75, 3.05) is 6.61 Å². The second-order valence-corrected chi connectivity index (χ2v) is 2.77. The zero-order chi connectivity index (χ0) is 9.80. The van der Waals surface area contributed by atoms with E-state index in [1.165, 1.54) is 0 Å². The molecule has 1 atom stereocenters. The van der Waals surface area contributed by atoms with Crippen molar-refractivity contribution in [1.82, 2.24) is 15.8 Å². The molecule has 0 saturated heterocycles. The largest absolute Gasteiger partial charge is 0.343 e. The minimum atomic E-state index is -0.308. The van der Waals surface area contributed by atoms with Gasteiger partial charge in [-0.15, -0.1) is 0 Å². The number of aliphatic imine (C=N–C) groups is 1. The average Bonchev–Trinajstić information content (AvgIpc) is 2.68. The lowest BCUT2D eigenvalue weighted by atomic mass is 10.3. The molecule has 0 saturated carbocycles. The van der Waals surface area contributed by atoms with E-state index in [1.54, 1.807) is 6.20 Å². The maximum atomic E-state index is 5.27. The van der Waals surface area contributed by atoms with Crippen LogP contribution in [0.3, 0.4) is 0 Å². The summed E-state index contributed by atoms with van der Waals surface area (Å²) in [6.07, 6.45) is 1.42. The van der Waals surface area contributed by atoms with Gasteiger partial charge in [0.05, 0.1) is 0 Å². The number of ether oxygens (including phenoxy) is 1. The molecule has 0 radical (unpaired) electrons. The number of nitrogens with zero attached hydrogens (tertiary/aromatic N) is 2. The third-order valence-electron chi connectivity index (χ3n) is 1.79. The summed E-state index contributed by atoms with van der Waals surface area (Å²) in [5.74, 6) is 0.712. The van der Waals surface area contributed by atoms with E-state index < -0.39 is 0 Å². The van der Waals surface area contributed by atoms with Crippen molar-refractivity contribution in [2.24, 2.45) is 4.99 Å². The van der Waals surface area contributed by atoms with Crippen LogP contribution in [-0.4, -0.2) is 23.8 Å². The van der Waals surface area contributed by atoms with Crippen LogP contribution in [0.5, 0.6) is 0 Å². The van der Waals surface area contributed by atoms with Crippen LogP contribution in [0.15, 0.2) is 29.4 Å². The number of hydrazine groups is 1. The van der Waals surface area contributed by atoms with Crippen LogP contribution >= 0.6 is 0 Å². The van der Waals surface area contributed by atoms with E-state index >= 15 is 0 Å². The predicted octanol–water partition coefficient (Wildman–Crippen LogP) is 0.256. The van der Waals surface area contributed by atoms with Gasteiger partial charge in [0, 0.05) is 12.8 Å². The Kier molecular flexibility index (Phi) is 2.71. The maximum Gasteiger partial charge on any atom is 0.223 e. The first kappa shape index (κ1) is 9.11. The highest BCUT2D eigenvalue weighted by atomic mass is 16.5. The van der Waals surface area contributed by atoms with Crippen LogP contribution < -0.4 is 10.9 Å². The highest BCUT2D eigenvalue weighted by Crippen LogP contribution is 2.01. The van der Waals surface area contributed by atoms with Gasteiger partial charge < -0.3 is 10.2 Å². The van der Waals surface area contributed by atoms with Crippen LogP contribution in [-0.2, 0) is 4.74 Å². The number of nitrogens with one attached hydrogen (secondary N) is 2. The predicted molar refractivity (Wildman–Crippen MR) is 52.5 cm³/mol. The molecule has 1 aromatic heterocycles. The fourth-order valence-corrected chi connectivity index (χ4v) is 1.18. The quantitative estimate of drug-likeness (QED) is 0.721. The number of aromatic nitrogens is 1. The minimum absolute atomic E-state index is 0.308. The van der Waals surface area contributed by atoms with E-state index in [0.29, 0.717) is 12.4 Å². The van der Waals surface area contributed by atoms with Crippen molar-refractivity contribution in [3.63, 3.8) is 0 Å². The number of pyridine rings is 1. The Balaban J connectivity index is 2.10. The molecule has 0 fully saturated rings. The molecule has 14 heavy (non-hydrogen) atoms. The molecule has 0 bridgehead atoms. The zero-order valence-electron chi connectivity index (χ0n) is 7.90. The van der Waals surface area contributed by atoms with Crippen molar-refractivity contribution in [2.45, 2.75) is 13.3 Å². The standard InChI is InChI=1S/C9H12N4O/c1-2-14-9-11-8(12-13-9)7-5-3-4-6-10-7/h3-6,9,13H,2H2,1H3,(H,11,12). The Morgan fingerprint density at radius 3 is 3.14 bits per heavy atom. The lowest BCUT2D eigenvalue weighted by Gasteiger charge is -2.04. The van der Waals surface area contributed by atoms with E-state index in [2.05, 4.69) is 20.8 Å². The second kappa shape index (κ2) is 4.17. The Labute approximate surface area is 82.2 Å². The topological polar surface area (TPSA) is 58.5 Å². The number of rotatable bonds is 3. The highest BCUT2D eigenvalue weighted by molar-refractivity contribution is 5.97. The Morgan fingerprint density at radius 2 is 2.43 bits per heavy atom. The smallest absolute Gasteiger partial charge is 0.223 e. The van der Waals surface area contributed by atoms with Gasteiger partial charge in [0.25, 0.3) is 0 Å². The molecule has 0 aromatic carbocycles. The van der Waals surface area contributed by atoms with Crippen LogP contribution in [0.4, 0.5) is 0 Å². The molecule has 1 aromatic rings. The van der Waals surface area contributed by atoms with Gasteiger partial charge in [-0.05, 0) is 19.1 Å². The lowest BCUT2D eigenvalue weighted by Crippen LogP contribution is -2.36. The normalized spacial score (nSPS) is 20.4. The van der Waals surface area contributed by atoms with Crippen LogP contribution in [0, 0.1) is 0 Å². The molecule has 2 heterocycles. The van der Waals surface area contributed by atoms with Crippen molar-refractivity contribution < 1.29 is 4.74 Å². The molecule has 1 unspecified atom stereocenters. The summed E-state index contributed by atoms with van der Waals surface area (Å²) in [6.45, 7) is 2.55. The summed E-state index contributed by atoms with van der Waals surface area (Å²) in [5, 5.41) is 0. The monoisotopic (exact) mass is 192 g/mol. The molecular weight excluding hydrogens is 180 g/mol. The number of amidine groups is 1. The third kappa shape index (κ3) is 1.89. The fraction of sp³-hybridized carbons (Fsp3) is 0.333. The average molecular weight is 192 g/mol. The number of hydrogen-bond donors (Lipinski definition) is 2. The second-order valence-electron chi connectivity index (χ2n) is 2.77. The summed E-state index contributed by atoms with van der Waals surface area (Å²) in [4.78, 5) is 8.42. The molecule has 5 nitrogen and oxygen atoms in total. The molecule has 0 aliphatic carbocycles. The van der Waals surface area contributed by atoms with Crippen LogP contribution in [0.1, 0.15) is 12.6 Å². The summed E-state index contributed by atoms with van der Waals surface area (Å²) in [5.41, 5.74) is 6.62. The van der Waals surface area contributed by atoms with E-state index in [9.17, 15) is 0 Å². The van der Waals surface area contributed by atoms with Gasteiger partial charge in [0.15, 0.2) is 5.84 Å². The molecule has 0 spiro atoms. The van der Waals surface area contributed by atoms with Gasteiger partial charge in [0.2, 0.25) is 6.35 Å². The summed E-state index contributed by atoms with van der Waals surface area (Å²) >= 11 is 0. The number of hydrogen-bond acceptors (Lipinski definition) is 5. The summed E-state index contributed by atoms with van der Waals surface area (Å²) < 4.78 is 5.27. The third-order valence-corrected chi connectivity index (χ3v) is 1.79. The Morgan fingerprint density at radius 1 is 1.50 bits per heavy atom. The Hall–Kier alpha value is -1.46. The summed E-state index contributed by atoms with van der Waals surface area (Å²) in [7, 11) is 0. The lowest BCUT2D eigenvalue weighted by molar-refractivity contribution is 0.0482. The van der Waals surface area contributed by atoms with Crippen molar-refractivity contribution in [1.29, 1.82) is 0 Å². The van der Waals surface area contributed by atoms with Crippen molar-refractivity contribution in [3.05, 3.63) is 30.1 Å². The maximum absolute atomic E-state index is 5.27. The van der Waals surface area contributed by atoms with Crippen LogP contribution in [0.2, 0.25) is 0 Å². The molecule has 74 valence electrons. The first-order chi connectivity index (χ1) is 6.90. The van der Waals surface area contributed by atoms with Gasteiger partial charge in [-0.2, -0.15) is 5.43 Å². The minimum Gasteiger partial charge on any atom is -0.343 e. The van der Waals surface area contributed by atoms with Crippen molar-refractivity contribution in [3.8, 4) is 0 Å².